The molecule has 1 heterocycles. The first-order chi connectivity index (χ1) is 12.1. The number of ketones is 1. The Hall–Kier alpha value is -2.95. The number of H-pyrrole nitrogens is 1. The number of nitrogens with zero attached hydrogens (tertiary/aromatic N) is 1. The number of fused-ring (bicyclic) bond motifs is 1. The predicted octanol–water partition coefficient (Wildman–Crippen LogP) is 3.54. The fraction of sp³-hybridized carbons (Fsp3) is 0.250. The van der Waals surface area contributed by atoms with Gasteiger partial charge in [0.25, 0.3) is 0 Å². The van der Waals surface area contributed by atoms with Gasteiger partial charge in [0.2, 0.25) is 5.91 Å². The van der Waals surface area contributed by atoms with Gasteiger partial charge in [0.05, 0.1) is 17.6 Å². The standard InChI is InChI=1S/C20H21N3O2/c1-14-10-11-16-17(12-14)23-19(22-16)13-21-20(25)9-5-8-18(24)15-6-3-2-4-7-15/h2-4,6-7,10-12H,5,8-9,13H2,1H3,(H,21,25)(H,22,23). The van der Waals surface area contributed by atoms with Crippen LogP contribution in [0.25, 0.3) is 11.0 Å². The van der Waals surface area contributed by atoms with Crippen LogP contribution in [0.2, 0.25) is 0 Å². The normalized spacial score (nSPS) is 10.8. The van der Waals surface area contributed by atoms with Crippen molar-refractivity contribution in [3.8, 4) is 0 Å². The lowest BCUT2D eigenvalue weighted by atomic mass is 10.1. The van der Waals surface area contributed by atoms with Gasteiger partial charge < -0.3 is 10.3 Å². The minimum Gasteiger partial charge on any atom is -0.349 e. The van der Waals surface area contributed by atoms with Crippen molar-refractivity contribution < 1.29 is 9.59 Å². The maximum Gasteiger partial charge on any atom is 0.220 e. The van der Waals surface area contributed by atoms with E-state index in [4.69, 9.17) is 0 Å². The molecule has 0 bridgehead atoms. The number of aryl methyl sites for hydroxylation is 1. The summed E-state index contributed by atoms with van der Waals surface area (Å²) in [7, 11) is 0. The summed E-state index contributed by atoms with van der Waals surface area (Å²) in [4.78, 5) is 31.6. The molecule has 0 aliphatic heterocycles. The SMILES string of the molecule is Cc1ccc2nc(CNC(=O)CCCC(=O)c3ccccc3)[nH]c2c1. The zero-order chi connectivity index (χ0) is 17.6. The Morgan fingerprint density at radius 2 is 1.88 bits per heavy atom. The van der Waals surface area contributed by atoms with Crippen LogP contribution in [-0.4, -0.2) is 21.7 Å². The van der Waals surface area contributed by atoms with Gasteiger partial charge in [-0.15, -0.1) is 0 Å². The van der Waals surface area contributed by atoms with E-state index in [0.717, 1.165) is 22.4 Å². The van der Waals surface area contributed by atoms with Crippen LogP contribution in [0.3, 0.4) is 0 Å². The highest BCUT2D eigenvalue weighted by atomic mass is 16.1. The molecular formula is C20H21N3O2. The summed E-state index contributed by atoms with van der Waals surface area (Å²) in [6.45, 7) is 2.39. The fourth-order valence-corrected chi connectivity index (χ4v) is 2.71. The number of rotatable bonds is 7. The van der Waals surface area contributed by atoms with Crippen molar-refractivity contribution in [1.29, 1.82) is 0 Å². The van der Waals surface area contributed by atoms with Gasteiger partial charge in [-0.25, -0.2) is 4.98 Å². The molecule has 3 aromatic rings. The van der Waals surface area contributed by atoms with Crippen molar-refractivity contribution in [2.24, 2.45) is 0 Å². The second kappa shape index (κ2) is 7.75. The molecule has 5 heteroatoms. The number of nitrogens with one attached hydrogen (secondary N) is 2. The Balaban J connectivity index is 1.44. The van der Waals surface area contributed by atoms with E-state index >= 15 is 0 Å². The molecule has 0 aliphatic rings. The van der Waals surface area contributed by atoms with Crippen molar-refractivity contribution in [3.05, 3.63) is 65.5 Å². The highest BCUT2D eigenvalue weighted by molar-refractivity contribution is 5.96. The number of hydrogen-bond acceptors (Lipinski definition) is 3. The monoisotopic (exact) mass is 335 g/mol. The van der Waals surface area contributed by atoms with Crippen LogP contribution in [0.4, 0.5) is 0 Å². The van der Waals surface area contributed by atoms with Crippen LogP contribution in [0.1, 0.15) is 41.0 Å². The van der Waals surface area contributed by atoms with Gasteiger partial charge >= 0.3 is 0 Å². The summed E-state index contributed by atoms with van der Waals surface area (Å²) < 4.78 is 0. The van der Waals surface area contributed by atoms with Crippen LogP contribution in [0, 0.1) is 6.92 Å². The third-order valence-electron chi connectivity index (χ3n) is 4.04. The Kier molecular flexibility index (Phi) is 5.23. The van der Waals surface area contributed by atoms with Gasteiger partial charge in [-0.2, -0.15) is 0 Å². The first kappa shape index (κ1) is 16.9. The number of aromatic amines is 1. The zero-order valence-electron chi connectivity index (χ0n) is 14.2. The molecule has 0 saturated carbocycles. The van der Waals surface area contributed by atoms with Crippen molar-refractivity contribution in [2.45, 2.75) is 32.7 Å². The van der Waals surface area contributed by atoms with Crippen LogP contribution in [0.15, 0.2) is 48.5 Å². The van der Waals surface area contributed by atoms with E-state index in [1.807, 2.05) is 43.3 Å². The van der Waals surface area contributed by atoms with Gasteiger partial charge in [-0.1, -0.05) is 36.4 Å². The zero-order valence-corrected chi connectivity index (χ0v) is 14.2. The molecule has 2 N–H and O–H groups in total. The van der Waals surface area contributed by atoms with Crippen LogP contribution >= 0.6 is 0 Å². The number of benzene rings is 2. The van der Waals surface area contributed by atoms with Gasteiger partial charge in [-0.3, -0.25) is 9.59 Å². The average molecular weight is 335 g/mol. The number of Topliss-reactive ketones (excluding diaryl/α,β-unsaturated/α-hetero) is 1. The Morgan fingerprint density at radius 1 is 1.08 bits per heavy atom. The quantitative estimate of drug-likeness (QED) is 0.649. The summed E-state index contributed by atoms with van der Waals surface area (Å²) in [5.74, 6) is 0.730. The van der Waals surface area contributed by atoms with Gasteiger partial charge in [0, 0.05) is 18.4 Å². The number of carbonyl (C=O) groups excluding carboxylic acids is 2. The maximum absolute atomic E-state index is 12.0. The Morgan fingerprint density at radius 3 is 2.68 bits per heavy atom. The van der Waals surface area contributed by atoms with Gasteiger partial charge in [0.1, 0.15) is 5.82 Å². The van der Waals surface area contributed by atoms with E-state index in [9.17, 15) is 9.59 Å². The third kappa shape index (κ3) is 4.53. The molecule has 0 saturated heterocycles. The average Bonchev–Trinajstić information content (AvgIpc) is 3.02. The maximum atomic E-state index is 12.0. The van der Waals surface area contributed by atoms with E-state index in [2.05, 4.69) is 15.3 Å². The van der Waals surface area contributed by atoms with Crippen molar-refractivity contribution in [2.75, 3.05) is 0 Å². The van der Waals surface area contributed by atoms with Crippen molar-refractivity contribution >= 4 is 22.7 Å². The van der Waals surface area contributed by atoms with E-state index in [-0.39, 0.29) is 11.7 Å². The van der Waals surface area contributed by atoms with Crippen LogP contribution < -0.4 is 5.32 Å². The number of carbonyl (C=O) groups is 2. The van der Waals surface area contributed by atoms with Crippen LogP contribution in [-0.2, 0) is 11.3 Å². The molecule has 0 radical (unpaired) electrons. The smallest absolute Gasteiger partial charge is 0.220 e. The minimum absolute atomic E-state index is 0.0704. The Bertz CT molecular complexity index is 884. The first-order valence-corrected chi connectivity index (χ1v) is 8.42. The van der Waals surface area contributed by atoms with E-state index in [0.29, 0.717) is 31.4 Å². The molecule has 1 amide bonds. The largest absolute Gasteiger partial charge is 0.349 e. The van der Waals surface area contributed by atoms with Crippen molar-refractivity contribution in [1.82, 2.24) is 15.3 Å². The molecular weight excluding hydrogens is 314 g/mol. The molecule has 2 aromatic carbocycles. The fourth-order valence-electron chi connectivity index (χ4n) is 2.71. The Labute approximate surface area is 146 Å². The third-order valence-corrected chi connectivity index (χ3v) is 4.04. The summed E-state index contributed by atoms with van der Waals surface area (Å²) in [5, 5.41) is 2.84. The number of hydrogen-bond donors (Lipinski definition) is 2. The molecule has 128 valence electrons. The van der Waals surface area contributed by atoms with Gasteiger partial charge in [0.15, 0.2) is 5.78 Å². The van der Waals surface area contributed by atoms with Crippen LogP contribution in [0.5, 0.6) is 0 Å². The lowest BCUT2D eigenvalue weighted by molar-refractivity contribution is -0.121. The molecule has 25 heavy (non-hydrogen) atoms. The molecule has 5 nitrogen and oxygen atoms in total. The molecule has 1 aromatic heterocycles. The molecule has 0 spiro atoms. The second-order valence-electron chi connectivity index (χ2n) is 6.12. The molecule has 3 rings (SSSR count). The van der Waals surface area contributed by atoms with E-state index in [1.54, 1.807) is 12.1 Å². The molecule has 0 fully saturated rings. The first-order valence-electron chi connectivity index (χ1n) is 8.42. The summed E-state index contributed by atoms with van der Waals surface area (Å²) in [6, 6.07) is 15.2. The predicted molar refractivity (Wildman–Crippen MR) is 97.3 cm³/mol. The van der Waals surface area contributed by atoms with E-state index < -0.39 is 0 Å². The lowest BCUT2D eigenvalue weighted by Crippen LogP contribution is -2.23. The number of imidazole rings is 1. The summed E-state index contributed by atoms with van der Waals surface area (Å²) in [6.07, 6.45) is 1.25. The molecule has 0 aliphatic carbocycles. The molecule has 0 unspecified atom stereocenters. The molecule has 0 atom stereocenters. The summed E-state index contributed by atoms with van der Waals surface area (Å²) in [5.41, 5.74) is 3.72. The topological polar surface area (TPSA) is 74.8 Å². The highest BCUT2D eigenvalue weighted by Gasteiger charge is 2.08. The van der Waals surface area contributed by atoms with Crippen molar-refractivity contribution in [3.63, 3.8) is 0 Å². The number of amides is 1. The second-order valence-corrected chi connectivity index (χ2v) is 6.12. The van der Waals surface area contributed by atoms with E-state index in [1.165, 1.54) is 0 Å². The highest BCUT2D eigenvalue weighted by Crippen LogP contribution is 2.13. The lowest BCUT2D eigenvalue weighted by Gasteiger charge is -2.03. The van der Waals surface area contributed by atoms with Gasteiger partial charge in [-0.05, 0) is 31.0 Å². The summed E-state index contributed by atoms with van der Waals surface area (Å²) >= 11 is 0. The number of aromatic nitrogens is 2. The minimum atomic E-state index is -0.0718.